The maximum Gasteiger partial charge on any atom is 0.354 e. The minimum Gasteiger partial charge on any atom is -0.404 e. The van der Waals surface area contributed by atoms with Crippen molar-refractivity contribution in [2.45, 2.75) is 12.7 Å². The predicted octanol–water partition coefficient (Wildman–Crippen LogP) is 0.151. The molecule has 0 aromatic heterocycles. The summed E-state index contributed by atoms with van der Waals surface area (Å²) in [7, 11) is 0. The predicted molar refractivity (Wildman–Crippen MR) is 21.8 cm³/mol. The van der Waals surface area contributed by atoms with Crippen LogP contribution in [0.4, 0.5) is 8.78 Å². The molecule has 0 saturated carbocycles. The van der Waals surface area contributed by atoms with E-state index < -0.39 is 25.3 Å². The Bertz CT molecular complexity index is 127. The standard InChI is InChI=1S/C4H4F2O3/c5-2-1-8-4(6)9-3(2)7/h2,4H,1H2. The largest absolute Gasteiger partial charge is 0.404 e. The minimum atomic E-state index is -2.09. The molecule has 1 fully saturated rings. The van der Waals surface area contributed by atoms with Crippen LogP contribution < -0.4 is 0 Å². The molecule has 1 saturated heterocycles. The third kappa shape index (κ3) is 1.35. The van der Waals surface area contributed by atoms with Crippen molar-refractivity contribution in [3.63, 3.8) is 0 Å². The minimum absolute atomic E-state index is 0.556. The van der Waals surface area contributed by atoms with E-state index in [1.165, 1.54) is 0 Å². The van der Waals surface area contributed by atoms with Gasteiger partial charge in [-0.1, -0.05) is 0 Å². The lowest BCUT2D eigenvalue weighted by Crippen LogP contribution is -2.35. The Morgan fingerprint density at radius 1 is 1.56 bits per heavy atom. The molecule has 5 heteroatoms. The van der Waals surface area contributed by atoms with Crippen molar-refractivity contribution in [1.29, 1.82) is 0 Å². The van der Waals surface area contributed by atoms with Gasteiger partial charge in [-0.2, -0.15) is 4.39 Å². The maximum absolute atomic E-state index is 12.0. The monoisotopic (exact) mass is 138 g/mol. The average Bonchev–Trinajstić information content (AvgIpc) is 1.80. The van der Waals surface area contributed by atoms with E-state index in [0.717, 1.165) is 0 Å². The summed E-state index contributed by atoms with van der Waals surface area (Å²) in [5.41, 5.74) is 0. The SMILES string of the molecule is O=C1OC(F)OCC1F. The van der Waals surface area contributed by atoms with Crippen LogP contribution in [-0.2, 0) is 14.3 Å². The van der Waals surface area contributed by atoms with Gasteiger partial charge in [0.25, 0.3) is 0 Å². The van der Waals surface area contributed by atoms with E-state index in [4.69, 9.17) is 0 Å². The van der Waals surface area contributed by atoms with Crippen LogP contribution in [0, 0.1) is 0 Å². The molecule has 2 atom stereocenters. The van der Waals surface area contributed by atoms with Gasteiger partial charge in [0, 0.05) is 0 Å². The second-order valence-corrected chi connectivity index (χ2v) is 1.51. The number of cyclic esters (lactones) is 1. The molecule has 1 heterocycles. The zero-order valence-electron chi connectivity index (χ0n) is 4.34. The second-order valence-electron chi connectivity index (χ2n) is 1.51. The Balaban J connectivity index is 2.44. The summed E-state index contributed by atoms with van der Waals surface area (Å²) in [6.07, 6.45) is -1.84. The number of halogens is 2. The van der Waals surface area contributed by atoms with Crippen molar-refractivity contribution in [2.24, 2.45) is 0 Å². The fraction of sp³-hybridized carbons (Fsp3) is 0.750. The molecule has 1 aliphatic rings. The number of rotatable bonds is 0. The third-order valence-corrected chi connectivity index (χ3v) is 0.838. The van der Waals surface area contributed by atoms with Crippen LogP contribution >= 0.6 is 0 Å². The quantitative estimate of drug-likeness (QED) is 0.447. The first-order valence-electron chi connectivity index (χ1n) is 2.30. The number of carbonyl (C=O) groups excluding carboxylic acids is 1. The lowest BCUT2D eigenvalue weighted by molar-refractivity contribution is -0.250. The third-order valence-electron chi connectivity index (χ3n) is 0.838. The van der Waals surface area contributed by atoms with Crippen molar-refractivity contribution in [2.75, 3.05) is 6.61 Å². The molecule has 0 N–H and O–H groups in total. The molecule has 9 heavy (non-hydrogen) atoms. The molecule has 1 aliphatic heterocycles. The van der Waals surface area contributed by atoms with Gasteiger partial charge in [-0.3, -0.25) is 0 Å². The van der Waals surface area contributed by atoms with Gasteiger partial charge in [0.05, 0.1) is 6.61 Å². The molecule has 1 rings (SSSR count). The van der Waals surface area contributed by atoms with Crippen LogP contribution in [-0.4, -0.2) is 25.3 Å². The highest BCUT2D eigenvalue weighted by Crippen LogP contribution is 2.09. The number of ether oxygens (including phenoxy) is 2. The summed E-state index contributed by atoms with van der Waals surface area (Å²) < 4.78 is 31.4. The van der Waals surface area contributed by atoms with E-state index in [9.17, 15) is 13.6 Å². The molecule has 0 aliphatic carbocycles. The van der Waals surface area contributed by atoms with Crippen LogP contribution in [0.25, 0.3) is 0 Å². The first kappa shape index (κ1) is 6.41. The van der Waals surface area contributed by atoms with Crippen LogP contribution in [0.2, 0.25) is 0 Å². The van der Waals surface area contributed by atoms with Crippen LogP contribution in [0.1, 0.15) is 0 Å². The molecule has 0 radical (unpaired) electrons. The molecule has 0 aromatic rings. The van der Waals surface area contributed by atoms with E-state index in [1.807, 2.05) is 0 Å². The first-order valence-corrected chi connectivity index (χ1v) is 2.30. The summed E-state index contributed by atoms with van der Waals surface area (Å²) in [5, 5.41) is 0. The molecule has 0 spiro atoms. The second kappa shape index (κ2) is 2.26. The molecule has 52 valence electrons. The average molecular weight is 138 g/mol. The van der Waals surface area contributed by atoms with Crippen molar-refractivity contribution >= 4 is 5.97 Å². The first-order chi connectivity index (χ1) is 4.20. The highest BCUT2D eigenvalue weighted by atomic mass is 19.2. The molecular weight excluding hydrogens is 134 g/mol. The van der Waals surface area contributed by atoms with Crippen LogP contribution in [0.15, 0.2) is 0 Å². The van der Waals surface area contributed by atoms with Crippen molar-refractivity contribution in [1.82, 2.24) is 0 Å². The molecule has 0 bridgehead atoms. The van der Waals surface area contributed by atoms with Gasteiger partial charge in [0.15, 0.2) is 0 Å². The van der Waals surface area contributed by atoms with Crippen molar-refractivity contribution < 1.29 is 23.0 Å². The summed E-state index contributed by atoms with van der Waals surface area (Å²) in [6, 6.07) is 0. The summed E-state index contributed by atoms with van der Waals surface area (Å²) in [4.78, 5) is 10.1. The maximum atomic E-state index is 12.0. The number of alkyl halides is 2. The van der Waals surface area contributed by atoms with E-state index >= 15 is 0 Å². The Morgan fingerprint density at radius 2 is 2.22 bits per heavy atom. The van der Waals surface area contributed by atoms with E-state index in [2.05, 4.69) is 9.47 Å². The fourth-order valence-corrected chi connectivity index (χ4v) is 0.427. The highest BCUT2D eigenvalue weighted by Gasteiger charge is 2.29. The number of hydrogen-bond acceptors (Lipinski definition) is 3. The summed E-state index contributed by atoms with van der Waals surface area (Å²) >= 11 is 0. The van der Waals surface area contributed by atoms with Gasteiger partial charge in [0.2, 0.25) is 6.17 Å². The molecule has 0 amide bonds. The molecule has 2 unspecified atom stereocenters. The van der Waals surface area contributed by atoms with Crippen LogP contribution in [0.3, 0.4) is 0 Å². The number of hydrogen-bond donors (Lipinski definition) is 0. The van der Waals surface area contributed by atoms with Gasteiger partial charge in [0.1, 0.15) is 0 Å². The molecular formula is C4H4F2O3. The van der Waals surface area contributed by atoms with Crippen molar-refractivity contribution in [3.05, 3.63) is 0 Å². The topological polar surface area (TPSA) is 35.5 Å². The van der Waals surface area contributed by atoms with Gasteiger partial charge in [-0.05, 0) is 0 Å². The lowest BCUT2D eigenvalue weighted by atomic mass is 10.4. The van der Waals surface area contributed by atoms with E-state index in [1.54, 1.807) is 0 Å². The zero-order chi connectivity index (χ0) is 6.85. The molecule has 3 nitrogen and oxygen atoms in total. The van der Waals surface area contributed by atoms with Gasteiger partial charge in [-0.25, -0.2) is 9.18 Å². The van der Waals surface area contributed by atoms with E-state index in [-0.39, 0.29) is 0 Å². The van der Waals surface area contributed by atoms with E-state index in [0.29, 0.717) is 0 Å². The summed E-state index contributed by atoms with van der Waals surface area (Å²) in [6.45, 7) is -2.65. The fourth-order valence-electron chi connectivity index (χ4n) is 0.427. The summed E-state index contributed by atoms with van der Waals surface area (Å²) in [5.74, 6) is -1.20. The lowest BCUT2D eigenvalue weighted by Gasteiger charge is -2.17. The normalized spacial score (nSPS) is 36.0. The Kier molecular flexibility index (Phi) is 1.61. The zero-order valence-corrected chi connectivity index (χ0v) is 4.34. The smallest absolute Gasteiger partial charge is 0.354 e. The van der Waals surface area contributed by atoms with Crippen molar-refractivity contribution in [3.8, 4) is 0 Å². The molecule has 0 aromatic carbocycles. The number of esters is 1. The Hall–Kier alpha value is -0.710. The van der Waals surface area contributed by atoms with Gasteiger partial charge < -0.3 is 9.47 Å². The Morgan fingerprint density at radius 3 is 2.67 bits per heavy atom. The van der Waals surface area contributed by atoms with Gasteiger partial charge in [-0.15, -0.1) is 0 Å². The Labute approximate surface area is 49.5 Å². The number of carbonyl (C=O) groups is 1. The van der Waals surface area contributed by atoms with Crippen LogP contribution in [0.5, 0.6) is 0 Å². The highest BCUT2D eigenvalue weighted by molar-refractivity contribution is 5.75. The van der Waals surface area contributed by atoms with Gasteiger partial charge >= 0.3 is 12.5 Å².